The van der Waals surface area contributed by atoms with E-state index < -0.39 is 22.7 Å². The number of hydrogen-bond donors (Lipinski definition) is 2. The molecule has 2 aromatic rings. The van der Waals surface area contributed by atoms with Gasteiger partial charge in [-0.25, -0.2) is 0 Å². The summed E-state index contributed by atoms with van der Waals surface area (Å²) < 4.78 is 5.09. The zero-order valence-electron chi connectivity index (χ0n) is 16.1. The van der Waals surface area contributed by atoms with Gasteiger partial charge in [0.1, 0.15) is 11.5 Å². The second-order valence-corrected chi connectivity index (χ2v) is 6.65. The number of carbonyl (C=O) groups is 2. The molecule has 3 rings (SSSR count). The van der Waals surface area contributed by atoms with Crippen LogP contribution in [0.3, 0.4) is 0 Å². The molecular formula is C21H20N2O7. The molecule has 1 heterocycles. The van der Waals surface area contributed by atoms with Crippen molar-refractivity contribution in [3.63, 3.8) is 0 Å². The molecule has 0 spiro atoms. The molecule has 9 nitrogen and oxygen atoms in total. The number of nitro groups is 1. The summed E-state index contributed by atoms with van der Waals surface area (Å²) in [5.41, 5.74) is 0.508. The van der Waals surface area contributed by atoms with Gasteiger partial charge in [-0.05, 0) is 48.4 Å². The lowest BCUT2D eigenvalue weighted by Gasteiger charge is -2.25. The largest absolute Gasteiger partial charge is 0.507 e. The highest BCUT2D eigenvalue weighted by atomic mass is 16.6. The first-order valence-electron chi connectivity index (χ1n) is 9.17. The summed E-state index contributed by atoms with van der Waals surface area (Å²) in [5, 5.41) is 31.0. The summed E-state index contributed by atoms with van der Waals surface area (Å²) in [6.45, 7) is -0.101. The van der Waals surface area contributed by atoms with Gasteiger partial charge in [-0.1, -0.05) is 0 Å². The van der Waals surface area contributed by atoms with E-state index in [0.717, 1.165) is 0 Å². The molecule has 0 saturated carbocycles. The average molecular weight is 412 g/mol. The lowest BCUT2D eigenvalue weighted by molar-refractivity contribution is -0.384. The van der Waals surface area contributed by atoms with Crippen molar-refractivity contribution in [2.45, 2.75) is 12.5 Å². The van der Waals surface area contributed by atoms with Crippen LogP contribution in [0.5, 0.6) is 5.75 Å². The molecular weight excluding hydrogens is 392 g/mol. The Kier molecular flexibility index (Phi) is 6.12. The van der Waals surface area contributed by atoms with Crippen LogP contribution in [0, 0.1) is 10.1 Å². The van der Waals surface area contributed by atoms with Crippen molar-refractivity contribution in [1.82, 2.24) is 4.90 Å². The van der Waals surface area contributed by atoms with E-state index in [1.807, 2.05) is 0 Å². The van der Waals surface area contributed by atoms with Gasteiger partial charge in [0, 0.05) is 30.8 Å². The maximum atomic E-state index is 12.8. The van der Waals surface area contributed by atoms with Crippen LogP contribution in [0.15, 0.2) is 54.1 Å². The molecule has 2 N–H and O–H groups in total. The summed E-state index contributed by atoms with van der Waals surface area (Å²) in [7, 11) is 1.50. The Labute approximate surface area is 172 Å². The molecule has 2 aromatic carbocycles. The molecule has 1 saturated heterocycles. The topological polar surface area (TPSA) is 130 Å². The quantitative estimate of drug-likeness (QED) is 0.235. The monoisotopic (exact) mass is 412 g/mol. The van der Waals surface area contributed by atoms with E-state index in [9.17, 15) is 24.8 Å². The van der Waals surface area contributed by atoms with E-state index in [0.29, 0.717) is 16.9 Å². The molecule has 1 fully saturated rings. The second kappa shape index (κ2) is 8.75. The number of rotatable bonds is 7. The number of aliphatic hydroxyl groups is 2. The van der Waals surface area contributed by atoms with Gasteiger partial charge in [-0.15, -0.1) is 0 Å². The fraction of sp³-hybridized carbons (Fsp3) is 0.238. The summed E-state index contributed by atoms with van der Waals surface area (Å²) in [6, 6.07) is 10.8. The molecule has 156 valence electrons. The number of amides is 1. The van der Waals surface area contributed by atoms with Crippen molar-refractivity contribution in [2.24, 2.45) is 0 Å². The molecule has 0 bridgehead atoms. The van der Waals surface area contributed by atoms with E-state index in [1.54, 1.807) is 24.3 Å². The average Bonchev–Trinajstić information content (AvgIpc) is 3.02. The molecule has 9 heteroatoms. The van der Waals surface area contributed by atoms with Crippen LogP contribution in [0.25, 0.3) is 5.76 Å². The number of ketones is 1. The maximum Gasteiger partial charge on any atom is 0.295 e. The summed E-state index contributed by atoms with van der Waals surface area (Å²) in [4.78, 5) is 37.1. The lowest BCUT2D eigenvalue weighted by Crippen LogP contribution is -2.31. The predicted octanol–water partition coefficient (Wildman–Crippen LogP) is 2.41. The predicted molar refractivity (Wildman–Crippen MR) is 107 cm³/mol. The Hall–Kier alpha value is -3.72. The van der Waals surface area contributed by atoms with Crippen LogP contribution in [-0.2, 0) is 9.59 Å². The van der Waals surface area contributed by atoms with Gasteiger partial charge >= 0.3 is 0 Å². The first-order valence-corrected chi connectivity index (χ1v) is 9.17. The number of likely N-dealkylation sites (tertiary alicyclic amines) is 1. The van der Waals surface area contributed by atoms with E-state index in [1.165, 1.54) is 36.3 Å². The number of nitrogens with zero attached hydrogens (tertiary/aromatic N) is 2. The third kappa shape index (κ3) is 3.87. The minimum Gasteiger partial charge on any atom is -0.507 e. The smallest absolute Gasteiger partial charge is 0.295 e. The van der Waals surface area contributed by atoms with Crippen LogP contribution in [0.1, 0.15) is 23.6 Å². The molecule has 0 aliphatic carbocycles. The van der Waals surface area contributed by atoms with Crippen LogP contribution in [0.2, 0.25) is 0 Å². The SMILES string of the molecule is COc1ccc(C(O)=C2C(=O)C(=O)N(CCCO)C2c2ccc([N+](=O)[O-])cc2)cc1. The molecule has 0 radical (unpaired) electrons. The van der Waals surface area contributed by atoms with Gasteiger partial charge in [0.2, 0.25) is 0 Å². The third-order valence-corrected chi connectivity index (χ3v) is 4.88. The van der Waals surface area contributed by atoms with Crippen molar-refractivity contribution < 1.29 is 29.5 Å². The van der Waals surface area contributed by atoms with Crippen molar-refractivity contribution in [3.05, 3.63) is 75.3 Å². The molecule has 1 aliphatic heterocycles. The van der Waals surface area contributed by atoms with Gasteiger partial charge in [-0.2, -0.15) is 0 Å². The number of hydrogen-bond acceptors (Lipinski definition) is 7. The summed E-state index contributed by atoms with van der Waals surface area (Å²) in [5.74, 6) is -1.46. The van der Waals surface area contributed by atoms with Gasteiger partial charge < -0.3 is 19.8 Å². The Morgan fingerprint density at radius 3 is 2.30 bits per heavy atom. The number of Topliss-reactive ketones (excluding diaryl/α,β-unsaturated/α-hetero) is 1. The maximum absolute atomic E-state index is 12.8. The minimum absolute atomic E-state index is 0.0854. The van der Waals surface area contributed by atoms with Gasteiger partial charge in [-0.3, -0.25) is 19.7 Å². The Bertz CT molecular complexity index is 997. The Morgan fingerprint density at radius 1 is 1.13 bits per heavy atom. The number of nitro benzene ring substituents is 1. The number of non-ortho nitro benzene ring substituents is 1. The highest BCUT2D eigenvalue weighted by Gasteiger charge is 2.45. The zero-order chi connectivity index (χ0) is 21.8. The molecule has 1 unspecified atom stereocenters. The van der Waals surface area contributed by atoms with Gasteiger partial charge in [0.15, 0.2) is 0 Å². The zero-order valence-corrected chi connectivity index (χ0v) is 16.1. The Morgan fingerprint density at radius 2 is 1.77 bits per heavy atom. The first-order chi connectivity index (χ1) is 14.4. The highest BCUT2D eigenvalue weighted by molar-refractivity contribution is 6.46. The number of benzene rings is 2. The summed E-state index contributed by atoms with van der Waals surface area (Å²) in [6.07, 6.45) is 0.235. The van der Waals surface area contributed by atoms with E-state index in [4.69, 9.17) is 9.84 Å². The van der Waals surface area contributed by atoms with Gasteiger partial charge in [0.05, 0.1) is 23.6 Å². The van der Waals surface area contributed by atoms with Crippen LogP contribution < -0.4 is 4.74 Å². The second-order valence-electron chi connectivity index (χ2n) is 6.65. The van der Waals surface area contributed by atoms with Crippen molar-refractivity contribution in [2.75, 3.05) is 20.3 Å². The number of aliphatic hydroxyl groups excluding tert-OH is 2. The lowest BCUT2D eigenvalue weighted by atomic mass is 9.95. The van der Waals surface area contributed by atoms with E-state index in [-0.39, 0.29) is 36.6 Å². The van der Waals surface area contributed by atoms with Crippen molar-refractivity contribution in [1.29, 1.82) is 0 Å². The van der Waals surface area contributed by atoms with E-state index in [2.05, 4.69) is 0 Å². The van der Waals surface area contributed by atoms with Gasteiger partial charge in [0.25, 0.3) is 17.4 Å². The minimum atomic E-state index is -0.931. The molecule has 1 amide bonds. The normalized spacial score (nSPS) is 17.9. The highest BCUT2D eigenvalue weighted by Crippen LogP contribution is 2.40. The first kappa shape index (κ1) is 21.0. The van der Waals surface area contributed by atoms with Crippen LogP contribution in [0.4, 0.5) is 5.69 Å². The number of ether oxygens (including phenoxy) is 1. The molecule has 0 aromatic heterocycles. The molecule has 1 atom stereocenters. The van der Waals surface area contributed by atoms with E-state index >= 15 is 0 Å². The number of carbonyl (C=O) groups excluding carboxylic acids is 2. The fourth-order valence-electron chi connectivity index (χ4n) is 3.38. The summed E-state index contributed by atoms with van der Waals surface area (Å²) >= 11 is 0. The van der Waals surface area contributed by atoms with Crippen molar-refractivity contribution in [3.8, 4) is 5.75 Å². The number of methoxy groups -OCH3 is 1. The third-order valence-electron chi connectivity index (χ3n) is 4.88. The molecule has 30 heavy (non-hydrogen) atoms. The standard InChI is InChI=1S/C21H20N2O7/c1-30-16-9-5-14(6-10-16)19(25)17-18(13-3-7-15(8-4-13)23(28)29)22(11-2-12-24)21(27)20(17)26/h3-10,18,24-25H,2,11-12H2,1H3. The fourth-order valence-corrected chi connectivity index (χ4v) is 3.38. The van der Waals surface area contributed by atoms with Crippen LogP contribution >= 0.6 is 0 Å². The van der Waals surface area contributed by atoms with Crippen molar-refractivity contribution >= 4 is 23.1 Å². The Balaban J connectivity index is 2.12. The van der Waals surface area contributed by atoms with Crippen LogP contribution in [-0.4, -0.2) is 52.0 Å². The molecule has 1 aliphatic rings.